The third-order valence-corrected chi connectivity index (χ3v) is 3.60. The van der Waals surface area contributed by atoms with Gasteiger partial charge >= 0.3 is 0 Å². The Morgan fingerprint density at radius 1 is 1.31 bits per heavy atom. The van der Waals surface area contributed by atoms with Gasteiger partial charge in [-0.15, -0.1) is 0 Å². The molecule has 1 saturated carbocycles. The Morgan fingerprint density at radius 2 is 1.92 bits per heavy atom. The Labute approximate surface area is 77.1 Å². The maximum absolute atomic E-state index is 13.2. The van der Waals surface area contributed by atoms with Gasteiger partial charge in [0, 0.05) is 6.04 Å². The smallest absolute Gasteiger partial charge is 0.278 e. The van der Waals surface area contributed by atoms with Gasteiger partial charge in [-0.05, 0) is 32.7 Å². The molecule has 0 aromatic rings. The minimum Gasteiger partial charge on any atom is -0.317 e. The molecule has 1 saturated heterocycles. The first-order valence-electron chi connectivity index (χ1n) is 4.90. The number of nitrogens with one attached hydrogen (secondary N) is 2. The molecule has 2 fully saturated rings. The highest BCUT2D eigenvalue weighted by Crippen LogP contribution is 2.45. The van der Waals surface area contributed by atoms with Gasteiger partial charge in [0.1, 0.15) is 0 Å². The van der Waals surface area contributed by atoms with Crippen molar-refractivity contribution in [3.63, 3.8) is 0 Å². The van der Waals surface area contributed by atoms with Crippen molar-refractivity contribution < 1.29 is 8.78 Å². The van der Waals surface area contributed by atoms with Crippen LogP contribution in [-0.2, 0) is 0 Å². The van der Waals surface area contributed by atoms with Crippen LogP contribution in [0.15, 0.2) is 0 Å². The van der Waals surface area contributed by atoms with Crippen molar-refractivity contribution in [3.05, 3.63) is 0 Å². The van der Waals surface area contributed by atoms with Crippen molar-refractivity contribution in [2.24, 2.45) is 0 Å². The van der Waals surface area contributed by atoms with Gasteiger partial charge in [-0.1, -0.05) is 0 Å². The molecular weight excluding hydrogens is 174 g/mol. The molecule has 2 N–H and O–H groups in total. The third-order valence-electron chi connectivity index (χ3n) is 3.60. The first kappa shape index (κ1) is 9.34. The standard InChI is InChI=1S/C9H16F2N2/c1-12-7-2-4-8(5-3-7)9(10,11)6-13-8/h7,12-13H,2-6H2,1H3. The van der Waals surface area contributed by atoms with Gasteiger partial charge in [0.2, 0.25) is 0 Å². The molecule has 13 heavy (non-hydrogen) atoms. The van der Waals surface area contributed by atoms with E-state index in [4.69, 9.17) is 0 Å². The summed E-state index contributed by atoms with van der Waals surface area (Å²) in [5.41, 5.74) is -0.847. The second-order valence-electron chi connectivity index (χ2n) is 4.20. The highest BCUT2D eigenvalue weighted by atomic mass is 19.3. The number of hydrogen-bond acceptors (Lipinski definition) is 2. The summed E-state index contributed by atoms with van der Waals surface area (Å²) in [5.74, 6) is -2.47. The first-order chi connectivity index (χ1) is 6.10. The van der Waals surface area contributed by atoms with E-state index in [1.807, 2.05) is 7.05 Å². The Bertz CT molecular complexity index is 198. The van der Waals surface area contributed by atoms with Crippen LogP contribution in [0.2, 0.25) is 0 Å². The Kier molecular flexibility index (Phi) is 2.07. The Hall–Kier alpha value is -0.220. The van der Waals surface area contributed by atoms with Gasteiger partial charge in [-0.2, -0.15) is 0 Å². The average molecular weight is 190 g/mol. The molecule has 4 heteroatoms. The van der Waals surface area contributed by atoms with Crippen LogP contribution in [0.4, 0.5) is 8.78 Å². The lowest BCUT2D eigenvalue weighted by molar-refractivity contribution is -0.169. The van der Waals surface area contributed by atoms with Crippen LogP contribution >= 0.6 is 0 Å². The summed E-state index contributed by atoms with van der Waals surface area (Å²) in [4.78, 5) is 0. The van der Waals surface area contributed by atoms with Crippen LogP contribution in [0.1, 0.15) is 25.7 Å². The topological polar surface area (TPSA) is 24.1 Å². The van der Waals surface area contributed by atoms with Gasteiger partial charge in [0.05, 0.1) is 12.1 Å². The molecule has 1 heterocycles. The fraction of sp³-hybridized carbons (Fsp3) is 1.00. The van der Waals surface area contributed by atoms with E-state index in [-0.39, 0.29) is 6.54 Å². The van der Waals surface area contributed by atoms with E-state index in [0.717, 1.165) is 12.8 Å². The summed E-state index contributed by atoms with van der Waals surface area (Å²) in [6.07, 6.45) is 2.93. The maximum Gasteiger partial charge on any atom is 0.278 e. The molecule has 2 aliphatic rings. The van der Waals surface area contributed by atoms with Crippen molar-refractivity contribution in [1.29, 1.82) is 0 Å². The zero-order valence-electron chi connectivity index (χ0n) is 7.87. The summed E-state index contributed by atoms with van der Waals surface area (Å²) in [7, 11) is 1.90. The Morgan fingerprint density at radius 3 is 2.23 bits per heavy atom. The van der Waals surface area contributed by atoms with Crippen molar-refractivity contribution >= 4 is 0 Å². The molecule has 0 amide bonds. The van der Waals surface area contributed by atoms with Gasteiger partial charge < -0.3 is 10.6 Å². The van der Waals surface area contributed by atoms with Crippen LogP contribution < -0.4 is 10.6 Å². The predicted octanol–water partition coefficient (Wildman–Crippen LogP) is 1.13. The van der Waals surface area contributed by atoms with Gasteiger partial charge in [-0.25, -0.2) is 8.78 Å². The van der Waals surface area contributed by atoms with E-state index in [0.29, 0.717) is 18.9 Å². The average Bonchev–Trinajstić information content (AvgIpc) is 2.16. The molecule has 0 unspecified atom stereocenters. The summed E-state index contributed by atoms with van der Waals surface area (Å²) in [5, 5.41) is 6.06. The van der Waals surface area contributed by atoms with Crippen molar-refractivity contribution in [1.82, 2.24) is 10.6 Å². The normalized spacial score (nSPS) is 43.2. The number of rotatable bonds is 1. The zero-order chi connectivity index (χ0) is 9.53. The minimum absolute atomic E-state index is 0.128. The number of hydrogen-bond donors (Lipinski definition) is 2. The Balaban J connectivity index is 1.97. The molecule has 0 aromatic carbocycles. The summed E-state index contributed by atoms with van der Waals surface area (Å²) in [6, 6.07) is 0.434. The van der Waals surface area contributed by atoms with Crippen LogP contribution in [0.25, 0.3) is 0 Å². The number of halogens is 2. The molecule has 76 valence electrons. The van der Waals surface area contributed by atoms with Crippen LogP contribution in [0.3, 0.4) is 0 Å². The van der Waals surface area contributed by atoms with Crippen LogP contribution in [-0.4, -0.2) is 31.1 Å². The molecule has 2 nitrogen and oxygen atoms in total. The van der Waals surface area contributed by atoms with Gasteiger partial charge in [0.25, 0.3) is 5.92 Å². The molecule has 0 radical (unpaired) electrons. The summed E-state index contributed by atoms with van der Waals surface area (Å²) < 4.78 is 26.5. The van der Waals surface area contributed by atoms with Crippen LogP contribution in [0, 0.1) is 0 Å². The zero-order valence-corrected chi connectivity index (χ0v) is 7.87. The summed E-state index contributed by atoms with van der Waals surface area (Å²) >= 11 is 0. The van der Waals surface area contributed by atoms with Crippen molar-refractivity contribution in [2.45, 2.75) is 43.2 Å². The second kappa shape index (κ2) is 2.89. The molecule has 2 rings (SSSR count). The van der Waals surface area contributed by atoms with Crippen LogP contribution in [0.5, 0.6) is 0 Å². The lowest BCUT2D eigenvalue weighted by atomic mass is 9.70. The molecule has 1 aliphatic carbocycles. The van der Waals surface area contributed by atoms with E-state index >= 15 is 0 Å². The molecule has 0 aromatic heterocycles. The van der Waals surface area contributed by atoms with E-state index in [1.54, 1.807) is 0 Å². The fourth-order valence-corrected chi connectivity index (χ4v) is 2.41. The van der Waals surface area contributed by atoms with Gasteiger partial charge in [-0.3, -0.25) is 0 Å². The molecule has 1 spiro atoms. The summed E-state index contributed by atoms with van der Waals surface area (Å²) in [6.45, 7) is -0.128. The molecule has 0 bridgehead atoms. The monoisotopic (exact) mass is 190 g/mol. The lowest BCUT2D eigenvalue weighted by Gasteiger charge is -2.53. The third kappa shape index (κ3) is 1.27. The van der Waals surface area contributed by atoms with E-state index in [9.17, 15) is 8.78 Å². The minimum atomic E-state index is -2.47. The van der Waals surface area contributed by atoms with E-state index in [1.165, 1.54) is 0 Å². The van der Waals surface area contributed by atoms with Crippen molar-refractivity contribution in [3.8, 4) is 0 Å². The molecular formula is C9H16F2N2. The largest absolute Gasteiger partial charge is 0.317 e. The van der Waals surface area contributed by atoms with E-state index < -0.39 is 11.5 Å². The fourth-order valence-electron chi connectivity index (χ4n) is 2.41. The van der Waals surface area contributed by atoms with E-state index in [2.05, 4.69) is 10.6 Å². The first-order valence-corrected chi connectivity index (χ1v) is 4.90. The highest BCUT2D eigenvalue weighted by molar-refractivity contribution is 5.12. The number of alkyl halides is 2. The van der Waals surface area contributed by atoms with Gasteiger partial charge in [0.15, 0.2) is 0 Å². The second-order valence-corrected chi connectivity index (χ2v) is 4.20. The molecule has 1 aliphatic heterocycles. The predicted molar refractivity (Wildman–Crippen MR) is 47.0 cm³/mol. The quantitative estimate of drug-likeness (QED) is 0.647. The molecule has 0 atom stereocenters. The maximum atomic E-state index is 13.2. The highest BCUT2D eigenvalue weighted by Gasteiger charge is 2.61. The lowest BCUT2D eigenvalue weighted by Crippen LogP contribution is -2.74. The van der Waals surface area contributed by atoms with Crippen molar-refractivity contribution in [2.75, 3.05) is 13.6 Å². The SMILES string of the molecule is CNC1CCC2(CC1)NCC2(F)F.